The normalized spacial score (nSPS) is 11.0. The molecule has 0 bridgehead atoms. The summed E-state index contributed by atoms with van der Waals surface area (Å²) >= 11 is 4.10. The lowest BCUT2D eigenvalue weighted by Gasteiger charge is -1.94. The number of alkyl halides is 1. The summed E-state index contributed by atoms with van der Waals surface area (Å²) in [6.45, 7) is 0. The van der Waals surface area contributed by atoms with Gasteiger partial charge in [0.05, 0.1) is 0 Å². The third-order valence-corrected chi connectivity index (χ3v) is 3.39. The minimum Gasteiger partial charge on any atom is -0.202 e. The van der Waals surface area contributed by atoms with Gasteiger partial charge in [0.1, 0.15) is 0 Å². The smallest absolute Gasteiger partial charge is 0.202 e. The maximum absolute atomic E-state index is 13.1. The molecule has 4 heteroatoms. The van der Waals surface area contributed by atoms with Gasteiger partial charge in [-0.25, -0.2) is 4.39 Å². The van der Waals surface area contributed by atoms with E-state index in [0.717, 1.165) is 16.9 Å². The molecule has 1 heterocycles. The number of benzene rings is 1. The fourth-order valence-electron chi connectivity index (χ4n) is 1.17. The zero-order valence-corrected chi connectivity index (χ0v) is 8.88. The van der Waals surface area contributed by atoms with Crippen molar-refractivity contribution >= 4 is 37.4 Å². The fourth-order valence-corrected chi connectivity index (χ4v) is 2.30. The molecular formula is C9H5BrF2S. The van der Waals surface area contributed by atoms with Crippen molar-refractivity contribution < 1.29 is 8.78 Å². The second-order valence-electron chi connectivity index (χ2n) is 2.65. The summed E-state index contributed by atoms with van der Waals surface area (Å²) in [7, 11) is 0. The molecule has 0 saturated heterocycles. The van der Waals surface area contributed by atoms with Crippen molar-refractivity contribution in [1.82, 2.24) is 0 Å². The molecule has 13 heavy (non-hydrogen) atoms. The molecule has 0 aliphatic heterocycles. The van der Waals surface area contributed by atoms with Crippen LogP contribution in [-0.2, 0) is 5.33 Å². The van der Waals surface area contributed by atoms with E-state index in [1.807, 2.05) is 6.07 Å². The highest BCUT2D eigenvalue weighted by Crippen LogP contribution is 2.29. The summed E-state index contributed by atoms with van der Waals surface area (Å²) in [5, 5.41) is 0.293. The van der Waals surface area contributed by atoms with Crippen LogP contribution in [0.15, 0.2) is 18.2 Å². The van der Waals surface area contributed by atoms with Gasteiger partial charge >= 0.3 is 0 Å². The Balaban J connectivity index is 2.75. The molecule has 0 spiro atoms. The third kappa shape index (κ3) is 1.48. The summed E-state index contributed by atoms with van der Waals surface area (Å²) in [5.41, 5.74) is 0.948. The van der Waals surface area contributed by atoms with Crippen molar-refractivity contribution in [3.63, 3.8) is 0 Å². The Morgan fingerprint density at radius 2 is 2.08 bits per heavy atom. The lowest BCUT2D eigenvalue weighted by Crippen LogP contribution is -1.77. The first-order valence-electron chi connectivity index (χ1n) is 3.65. The highest BCUT2D eigenvalue weighted by molar-refractivity contribution is 9.08. The van der Waals surface area contributed by atoms with Crippen LogP contribution >= 0.6 is 27.3 Å². The number of thiophene rings is 1. The minimum absolute atomic E-state index is 0.374. The van der Waals surface area contributed by atoms with Crippen LogP contribution < -0.4 is 0 Å². The molecule has 0 saturated carbocycles. The predicted octanol–water partition coefficient (Wildman–Crippen LogP) is 4.07. The zero-order chi connectivity index (χ0) is 9.42. The van der Waals surface area contributed by atoms with Crippen LogP contribution in [0.5, 0.6) is 0 Å². The first-order chi connectivity index (χ1) is 6.22. The van der Waals surface area contributed by atoms with E-state index in [-0.39, 0.29) is 0 Å². The van der Waals surface area contributed by atoms with Gasteiger partial charge in [-0.15, -0.1) is 11.3 Å². The molecule has 1 aromatic heterocycles. The monoisotopic (exact) mass is 262 g/mol. The van der Waals surface area contributed by atoms with Crippen molar-refractivity contribution in [3.05, 3.63) is 34.7 Å². The van der Waals surface area contributed by atoms with Gasteiger partial charge in [0.25, 0.3) is 0 Å². The summed E-state index contributed by atoms with van der Waals surface area (Å²) in [4.78, 5) is 0. The average molecular weight is 263 g/mol. The van der Waals surface area contributed by atoms with Gasteiger partial charge < -0.3 is 0 Å². The number of hydrogen-bond donors (Lipinski definition) is 0. The molecule has 0 nitrogen and oxygen atoms in total. The molecule has 0 atom stereocenters. The Bertz CT molecular complexity index is 450. The second-order valence-corrected chi connectivity index (χ2v) is 4.22. The van der Waals surface area contributed by atoms with Crippen LogP contribution in [0.25, 0.3) is 10.1 Å². The van der Waals surface area contributed by atoms with Crippen LogP contribution in [0.4, 0.5) is 8.78 Å². The van der Waals surface area contributed by atoms with Crippen LogP contribution in [0.1, 0.15) is 5.56 Å². The van der Waals surface area contributed by atoms with Crippen molar-refractivity contribution in [2.45, 2.75) is 5.33 Å². The van der Waals surface area contributed by atoms with Crippen LogP contribution in [0, 0.1) is 10.9 Å². The SMILES string of the molecule is Fc1sc2ccc(CBr)cc2c1F. The van der Waals surface area contributed by atoms with E-state index in [4.69, 9.17) is 0 Å². The average Bonchev–Trinajstić information content (AvgIpc) is 2.43. The molecule has 0 aliphatic carbocycles. The lowest BCUT2D eigenvalue weighted by molar-refractivity contribution is 0.538. The van der Waals surface area contributed by atoms with E-state index >= 15 is 0 Å². The number of hydrogen-bond acceptors (Lipinski definition) is 1. The molecule has 0 fully saturated rings. The van der Waals surface area contributed by atoms with Gasteiger partial charge in [0, 0.05) is 15.4 Å². The van der Waals surface area contributed by atoms with Crippen LogP contribution in [0.2, 0.25) is 0 Å². The van der Waals surface area contributed by atoms with E-state index < -0.39 is 10.9 Å². The number of rotatable bonds is 1. The molecule has 0 radical (unpaired) electrons. The van der Waals surface area contributed by atoms with Gasteiger partial charge in [-0.2, -0.15) is 4.39 Å². The molecule has 0 amide bonds. The molecule has 0 aliphatic rings. The summed E-state index contributed by atoms with van der Waals surface area (Å²) in [5.74, 6) is -0.734. The fraction of sp³-hybridized carbons (Fsp3) is 0.111. The van der Waals surface area contributed by atoms with Gasteiger partial charge in [-0.05, 0) is 17.7 Å². The number of fused-ring (bicyclic) bond motifs is 1. The quantitative estimate of drug-likeness (QED) is 0.680. The van der Waals surface area contributed by atoms with E-state index in [1.54, 1.807) is 12.1 Å². The van der Waals surface area contributed by atoms with Crippen molar-refractivity contribution in [2.24, 2.45) is 0 Å². The maximum atomic E-state index is 13.1. The Kier molecular flexibility index (Phi) is 2.34. The van der Waals surface area contributed by atoms with Gasteiger partial charge in [0.15, 0.2) is 5.82 Å². The predicted molar refractivity (Wildman–Crippen MR) is 54.4 cm³/mol. The Morgan fingerprint density at radius 3 is 2.77 bits per heavy atom. The lowest BCUT2D eigenvalue weighted by atomic mass is 10.2. The van der Waals surface area contributed by atoms with E-state index in [9.17, 15) is 8.78 Å². The first-order valence-corrected chi connectivity index (χ1v) is 5.58. The van der Waals surface area contributed by atoms with E-state index in [1.165, 1.54) is 0 Å². The largest absolute Gasteiger partial charge is 0.213 e. The topological polar surface area (TPSA) is 0 Å². The molecule has 0 N–H and O–H groups in total. The van der Waals surface area contributed by atoms with Crippen LogP contribution in [0.3, 0.4) is 0 Å². The molecular weight excluding hydrogens is 258 g/mol. The Labute approximate surface area is 86.3 Å². The molecule has 68 valence electrons. The van der Waals surface area contributed by atoms with Gasteiger partial charge in [-0.3, -0.25) is 0 Å². The molecule has 2 rings (SSSR count). The van der Waals surface area contributed by atoms with Crippen LogP contribution in [-0.4, -0.2) is 0 Å². The zero-order valence-electron chi connectivity index (χ0n) is 6.48. The number of halogens is 3. The van der Waals surface area contributed by atoms with E-state index in [2.05, 4.69) is 15.9 Å². The maximum Gasteiger partial charge on any atom is 0.213 e. The second kappa shape index (κ2) is 3.35. The van der Waals surface area contributed by atoms with Gasteiger partial charge in [0.2, 0.25) is 5.13 Å². The molecule has 0 unspecified atom stereocenters. The first kappa shape index (κ1) is 9.09. The standard InChI is InChI=1S/C9H5BrF2S/c10-4-5-1-2-7-6(3-5)8(11)9(12)13-7/h1-3H,4H2. The summed E-state index contributed by atoms with van der Waals surface area (Å²) in [6.07, 6.45) is 0. The van der Waals surface area contributed by atoms with Crippen molar-refractivity contribution in [2.75, 3.05) is 0 Å². The Morgan fingerprint density at radius 1 is 1.31 bits per heavy atom. The van der Waals surface area contributed by atoms with Crippen molar-refractivity contribution in [1.29, 1.82) is 0 Å². The van der Waals surface area contributed by atoms with Crippen molar-refractivity contribution in [3.8, 4) is 0 Å². The minimum atomic E-state index is -0.735. The molecule has 1 aromatic carbocycles. The summed E-state index contributed by atoms with van der Waals surface area (Å²) < 4.78 is 26.5. The highest BCUT2D eigenvalue weighted by atomic mass is 79.9. The van der Waals surface area contributed by atoms with E-state index in [0.29, 0.717) is 15.4 Å². The highest BCUT2D eigenvalue weighted by Gasteiger charge is 2.11. The summed E-state index contributed by atoms with van der Waals surface area (Å²) in [6, 6.07) is 5.26. The Hall–Kier alpha value is -0.480. The molecule has 2 aromatic rings. The van der Waals surface area contributed by atoms with Gasteiger partial charge in [-0.1, -0.05) is 22.0 Å². The third-order valence-electron chi connectivity index (χ3n) is 1.81.